The molecule has 0 saturated carbocycles. The van der Waals surface area contributed by atoms with Gasteiger partial charge < -0.3 is 10.8 Å². The van der Waals surface area contributed by atoms with Crippen LogP contribution in [0.15, 0.2) is 22.7 Å². The largest absolute Gasteiger partial charge is 0.480 e. The molecule has 1 aromatic rings. The SMILES string of the molecule is N[C@H](Cc1cccc([N+](=O)[O-])c1Br)C(=O)O. The third-order valence-electron chi connectivity index (χ3n) is 2.01. The Morgan fingerprint density at radius 3 is 2.75 bits per heavy atom. The van der Waals surface area contributed by atoms with Gasteiger partial charge in [0.05, 0.1) is 9.40 Å². The molecule has 1 aromatic carbocycles. The number of nitro benzene ring substituents is 1. The standard InChI is InChI=1S/C9H9BrN2O4/c10-8-5(4-6(11)9(13)14)2-1-3-7(8)12(15)16/h1-3,6H,4,11H2,(H,13,14)/t6-/m1/s1. The summed E-state index contributed by atoms with van der Waals surface area (Å²) in [6.07, 6.45) is 0.0393. The highest BCUT2D eigenvalue weighted by Crippen LogP contribution is 2.28. The monoisotopic (exact) mass is 288 g/mol. The molecule has 6 nitrogen and oxygen atoms in total. The van der Waals surface area contributed by atoms with Gasteiger partial charge in [-0.15, -0.1) is 0 Å². The molecule has 3 N–H and O–H groups in total. The Labute approximate surface area is 99.3 Å². The van der Waals surface area contributed by atoms with Crippen LogP contribution in [-0.4, -0.2) is 22.0 Å². The van der Waals surface area contributed by atoms with Gasteiger partial charge in [0.1, 0.15) is 6.04 Å². The van der Waals surface area contributed by atoms with E-state index in [0.717, 1.165) is 0 Å². The van der Waals surface area contributed by atoms with Crippen molar-refractivity contribution in [3.8, 4) is 0 Å². The number of benzene rings is 1. The first-order valence-corrected chi connectivity index (χ1v) is 5.13. The lowest BCUT2D eigenvalue weighted by molar-refractivity contribution is -0.385. The van der Waals surface area contributed by atoms with E-state index >= 15 is 0 Å². The van der Waals surface area contributed by atoms with E-state index in [1.54, 1.807) is 6.07 Å². The lowest BCUT2D eigenvalue weighted by Crippen LogP contribution is -2.32. The summed E-state index contributed by atoms with van der Waals surface area (Å²) in [5, 5.41) is 19.3. The summed E-state index contributed by atoms with van der Waals surface area (Å²) in [6.45, 7) is 0. The molecule has 0 aromatic heterocycles. The first-order valence-electron chi connectivity index (χ1n) is 4.33. The number of carbonyl (C=O) groups is 1. The molecule has 16 heavy (non-hydrogen) atoms. The van der Waals surface area contributed by atoms with E-state index in [2.05, 4.69) is 15.9 Å². The smallest absolute Gasteiger partial charge is 0.320 e. The first kappa shape index (κ1) is 12.6. The van der Waals surface area contributed by atoms with E-state index < -0.39 is 16.9 Å². The lowest BCUT2D eigenvalue weighted by Gasteiger charge is -2.08. The zero-order valence-corrected chi connectivity index (χ0v) is 9.68. The normalized spacial score (nSPS) is 12.1. The maximum Gasteiger partial charge on any atom is 0.320 e. The topological polar surface area (TPSA) is 106 Å². The van der Waals surface area contributed by atoms with E-state index in [1.165, 1.54) is 12.1 Å². The fraction of sp³-hybridized carbons (Fsp3) is 0.222. The lowest BCUT2D eigenvalue weighted by atomic mass is 10.1. The Balaban J connectivity index is 3.02. The highest BCUT2D eigenvalue weighted by Gasteiger charge is 2.19. The Morgan fingerprint density at radius 2 is 2.25 bits per heavy atom. The van der Waals surface area contributed by atoms with Gasteiger partial charge in [0.25, 0.3) is 5.69 Å². The molecular weight excluding hydrogens is 280 g/mol. The molecule has 0 saturated heterocycles. The van der Waals surface area contributed by atoms with Crippen LogP contribution in [0.2, 0.25) is 0 Å². The van der Waals surface area contributed by atoms with Crippen LogP contribution in [0.5, 0.6) is 0 Å². The van der Waals surface area contributed by atoms with E-state index in [9.17, 15) is 14.9 Å². The molecule has 86 valence electrons. The summed E-state index contributed by atoms with van der Waals surface area (Å²) in [7, 11) is 0. The number of hydrogen-bond donors (Lipinski definition) is 2. The average molecular weight is 289 g/mol. The van der Waals surface area contributed by atoms with Crippen molar-refractivity contribution < 1.29 is 14.8 Å². The summed E-state index contributed by atoms with van der Waals surface area (Å²) < 4.78 is 0.275. The van der Waals surface area contributed by atoms with Crippen LogP contribution >= 0.6 is 15.9 Å². The predicted molar refractivity (Wildman–Crippen MR) is 60.1 cm³/mol. The molecule has 0 bridgehead atoms. The van der Waals surface area contributed by atoms with Crippen LogP contribution in [0, 0.1) is 10.1 Å². The number of nitrogens with zero attached hydrogens (tertiary/aromatic N) is 1. The van der Waals surface area contributed by atoms with Crippen molar-refractivity contribution in [3.05, 3.63) is 38.3 Å². The van der Waals surface area contributed by atoms with Gasteiger partial charge in [0.15, 0.2) is 0 Å². The Kier molecular flexibility index (Phi) is 3.97. The number of carboxylic acid groups (broad SMARTS) is 1. The summed E-state index contributed by atoms with van der Waals surface area (Å²) in [5.41, 5.74) is 5.76. The maximum atomic E-state index is 10.6. The fourth-order valence-electron chi connectivity index (χ4n) is 1.19. The van der Waals surface area contributed by atoms with E-state index in [0.29, 0.717) is 5.56 Å². The van der Waals surface area contributed by atoms with Crippen LogP contribution in [0.4, 0.5) is 5.69 Å². The molecule has 1 rings (SSSR count). The van der Waals surface area contributed by atoms with Gasteiger partial charge in [-0.25, -0.2) is 0 Å². The van der Waals surface area contributed by atoms with Gasteiger partial charge in [-0.3, -0.25) is 14.9 Å². The average Bonchev–Trinajstić information content (AvgIpc) is 2.20. The molecule has 1 atom stereocenters. The fourth-order valence-corrected chi connectivity index (χ4v) is 1.76. The molecule has 0 radical (unpaired) electrons. The highest BCUT2D eigenvalue weighted by molar-refractivity contribution is 9.10. The van der Waals surface area contributed by atoms with E-state index in [4.69, 9.17) is 10.8 Å². The number of hydrogen-bond acceptors (Lipinski definition) is 4. The van der Waals surface area contributed by atoms with Crippen molar-refractivity contribution >= 4 is 27.6 Å². The summed E-state index contributed by atoms with van der Waals surface area (Å²) >= 11 is 3.07. The van der Waals surface area contributed by atoms with Gasteiger partial charge in [-0.05, 0) is 27.9 Å². The quantitative estimate of drug-likeness (QED) is 0.642. The van der Waals surface area contributed by atoms with E-state index in [-0.39, 0.29) is 16.6 Å². The molecule has 0 spiro atoms. The molecule has 7 heteroatoms. The maximum absolute atomic E-state index is 10.6. The predicted octanol–water partition coefficient (Wildman–Crippen LogP) is 1.31. The minimum atomic E-state index is -1.14. The van der Waals surface area contributed by atoms with Gasteiger partial charge in [0, 0.05) is 6.07 Å². The molecule has 0 aliphatic carbocycles. The molecule has 0 amide bonds. The second-order valence-corrected chi connectivity index (χ2v) is 3.95. The van der Waals surface area contributed by atoms with Crippen molar-refractivity contribution in [2.75, 3.05) is 0 Å². The van der Waals surface area contributed by atoms with Crippen molar-refractivity contribution in [1.29, 1.82) is 0 Å². The zero-order chi connectivity index (χ0) is 12.3. The number of aliphatic carboxylic acids is 1. The third-order valence-corrected chi connectivity index (χ3v) is 2.93. The molecule has 0 aliphatic heterocycles. The molecular formula is C9H9BrN2O4. The van der Waals surface area contributed by atoms with Crippen LogP contribution in [-0.2, 0) is 11.2 Å². The number of carboxylic acids is 1. The molecule has 0 fully saturated rings. The Morgan fingerprint density at radius 1 is 1.62 bits per heavy atom. The van der Waals surface area contributed by atoms with Crippen molar-refractivity contribution in [2.45, 2.75) is 12.5 Å². The summed E-state index contributed by atoms with van der Waals surface area (Å²) in [5.74, 6) is -1.14. The minimum absolute atomic E-state index is 0.0393. The highest BCUT2D eigenvalue weighted by atomic mass is 79.9. The second-order valence-electron chi connectivity index (χ2n) is 3.16. The summed E-state index contributed by atoms with van der Waals surface area (Å²) in [6, 6.07) is 3.35. The third kappa shape index (κ3) is 2.77. The number of halogens is 1. The number of rotatable bonds is 4. The van der Waals surface area contributed by atoms with Crippen LogP contribution in [0.1, 0.15) is 5.56 Å². The van der Waals surface area contributed by atoms with E-state index in [1.807, 2.05) is 0 Å². The minimum Gasteiger partial charge on any atom is -0.480 e. The summed E-state index contributed by atoms with van der Waals surface area (Å²) in [4.78, 5) is 20.6. The second kappa shape index (κ2) is 5.04. The molecule has 0 unspecified atom stereocenters. The van der Waals surface area contributed by atoms with Crippen molar-refractivity contribution in [3.63, 3.8) is 0 Å². The zero-order valence-electron chi connectivity index (χ0n) is 8.09. The van der Waals surface area contributed by atoms with Crippen LogP contribution in [0.3, 0.4) is 0 Å². The van der Waals surface area contributed by atoms with Gasteiger partial charge in [-0.2, -0.15) is 0 Å². The first-order chi connectivity index (χ1) is 7.43. The van der Waals surface area contributed by atoms with Gasteiger partial charge in [-0.1, -0.05) is 12.1 Å². The van der Waals surface area contributed by atoms with Gasteiger partial charge >= 0.3 is 5.97 Å². The molecule has 0 aliphatic rings. The van der Waals surface area contributed by atoms with Gasteiger partial charge in [0.2, 0.25) is 0 Å². The molecule has 0 heterocycles. The van der Waals surface area contributed by atoms with Crippen LogP contribution < -0.4 is 5.73 Å². The Hall–Kier alpha value is -1.47. The van der Waals surface area contributed by atoms with Crippen molar-refractivity contribution in [1.82, 2.24) is 0 Å². The van der Waals surface area contributed by atoms with Crippen LogP contribution in [0.25, 0.3) is 0 Å². The Bertz CT molecular complexity index is 436. The number of nitrogens with two attached hydrogens (primary N) is 1. The van der Waals surface area contributed by atoms with Crippen molar-refractivity contribution in [2.24, 2.45) is 5.73 Å². The number of nitro groups is 1.